The predicted octanol–water partition coefficient (Wildman–Crippen LogP) is 3.78. The number of amides is 2. The van der Waals surface area contributed by atoms with Crippen LogP contribution in [0.2, 0.25) is 0 Å². The molecule has 0 spiro atoms. The summed E-state index contributed by atoms with van der Waals surface area (Å²) in [4.78, 5) is 16.9. The normalized spacial score (nSPS) is 23.2. The number of carbonyl (C=O) groups is 1. The van der Waals surface area contributed by atoms with Crippen molar-refractivity contribution in [1.29, 1.82) is 0 Å². The molecule has 5 nitrogen and oxygen atoms in total. The minimum absolute atomic E-state index is 0.0376. The first kappa shape index (κ1) is 19.7. The van der Waals surface area contributed by atoms with Gasteiger partial charge in [0.1, 0.15) is 5.82 Å². The summed E-state index contributed by atoms with van der Waals surface area (Å²) in [7, 11) is 1.99. The summed E-state index contributed by atoms with van der Waals surface area (Å²) >= 11 is 0. The largest absolute Gasteiger partial charge is 0.394 e. The molecule has 1 saturated heterocycles. The average Bonchev–Trinajstić information content (AvgIpc) is 3.13. The van der Waals surface area contributed by atoms with Crippen molar-refractivity contribution < 1.29 is 14.3 Å². The van der Waals surface area contributed by atoms with Crippen molar-refractivity contribution >= 4 is 11.7 Å². The number of likely N-dealkylation sites (tertiary alicyclic amines) is 1. The molecule has 0 aliphatic carbocycles. The summed E-state index contributed by atoms with van der Waals surface area (Å²) < 4.78 is 13.8. The molecule has 4 rings (SSSR count). The Balaban J connectivity index is 1.80. The highest BCUT2D eigenvalue weighted by atomic mass is 19.1. The molecule has 2 aliphatic rings. The zero-order chi connectivity index (χ0) is 20.7. The van der Waals surface area contributed by atoms with E-state index >= 15 is 0 Å². The number of nitrogens with zero attached hydrogens (tertiary/aromatic N) is 2. The van der Waals surface area contributed by atoms with Crippen LogP contribution < -0.4 is 10.2 Å². The van der Waals surface area contributed by atoms with Crippen molar-refractivity contribution in [3.8, 4) is 11.1 Å². The molecule has 1 fully saturated rings. The molecule has 0 radical (unpaired) electrons. The third-order valence-electron chi connectivity index (χ3n) is 6.18. The molecule has 2 N–H and O–H groups in total. The third kappa shape index (κ3) is 3.46. The van der Waals surface area contributed by atoms with Gasteiger partial charge in [0.2, 0.25) is 0 Å². The van der Waals surface area contributed by atoms with Gasteiger partial charge in [-0.05, 0) is 61.2 Å². The quantitative estimate of drug-likeness (QED) is 0.829. The van der Waals surface area contributed by atoms with Gasteiger partial charge >= 0.3 is 6.03 Å². The number of aliphatic hydroxyl groups is 1. The number of fused-ring (bicyclic) bond motifs is 3. The first-order valence-corrected chi connectivity index (χ1v) is 10.2. The highest BCUT2D eigenvalue weighted by molar-refractivity contribution is 5.77. The molecule has 154 valence electrons. The van der Waals surface area contributed by atoms with Gasteiger partial charge in [-0.2, -0.15) is 0 Å². The molecule has 0 saturated carbocycles. The molecule has 0 bridgehead atoms. The number of anilines is 1. The van der Waals surface area contributed by atoms with Gasteiger partial charge in [-0.1, -0.05) is 18.2 Å². The molecular formula is C23H28FN3O2. The maximum Gasteiger partial charge on any atom is 0.318 e. The maximum absolute atomic E-state index is 13.8. The molecule has 29 heavy (non-hydrogen) atoms. The van der Waals surface area contributed by atoms with Crippen molar-refractivity contribution in [3.05, 3.63) is 53.8 Å². The predicted molar refractivity (Wildman–Crippen MR) is 112 cm³/mol. The van der Waals surface area contributed by atoms with Crippen LogP contribution in [0.25, 0.3) is 11.1 Å². The van der Waals surface area contributed by atoms with Crippen LogP contribution in [-0.2, 0) is 0 Å². The number of rotatable bonds is 3. The number of nitrogens with one attached hydrogen (secondary N) is 1. The van der Waals surface area contributed by atoms with Gasteiger partial charge in [0.15, 0.2) is 0 Å². The van der Waals surface area contributed by atoms with Crippen LogP contribution in [0.3, 0.4) is 0 Å². The summed E-state index contributed by atoms with van der Waals surface area (Å²) in [6.45, 7) is 4.60. The van der Waals surface area contributed by atoms with Crippen LogP contribution >= 0.6 is 0 Å². The van der Waals surface area contributed by atoms with Crippen LogP contribution in [0.5, 0.6) is 0 Å². The molecule has 2 aliphatic heterocycles. The van der Waals surface area contributed by atoms with Crippen molar-refractivity contribution in [3.63, 3.8) is 0 Å². The minimum Gasteiger partial charge on any atom is -0.394 e. The lowest BCUT2D eigenvalue weighted by atomic mass is 9.81. The van der Waals surface area contributed by atoms with Gasteiger partial charge in [0, 0.05) is 31.2 Å². The Kier molecular flexibility index (Phi) is 5.21. The number of urea groups is 1. The molecule has 0 unspecified atom stereocenters. The monoisotopic (exact) mass is 397 g/mol. The standard InChI is InChI=1S/C23H28FN3O2/c1-14(2)25-23(29)27-10-9-18-21(13-28)26(3)20-8-7-16(12-19(20)22(18)27)15-5-4-6-17(24)11-15/h4-8,11-12,14,18,21-22,28H,9-10,13H2,1-3H3,(H,25,29)/t18-,21+,22-/m0/s1. The lowest BCUT2D eigenvalue weighted by Crippen LogP contribution is -2.50. The molecule has 6 heteroatoms. The molecule has 3 atom stereocenters. The van der Waals surface area contributed by atoms with E-state index in [-0.39, 0.29) is 42.5 Å². The summed E-state index contributed by atoms with van der Waals surface area (Å²) in [5.74, 6) is -0.118. The van der Waals surface area contributed by atoms with E-state index in [0.717, 1.165) is 28.8 Å². The van der Waals surface area contributed by atoms with Gasteiger partial charge < -0.3 is 20.2 Å². The van der Waals surface area contributed by atoms with Gasteiger partial charge in [-0.15, -0.1) is 0 Å². The topological polar surface area (TPSA) is 55.8 Å². The van der Waals surface area contributed by atoms with Crippen LogP contribution in [0.15, 0.2) is 42.5 Å². The minimum atomic E-state index is -0.269. The number of aliphatic hydroxyl groups excluding tert-OH is 1. The average molecular weight is 397 g/mol. The highest BCUT2D eigenvalue weighted by Crippen LogP contribution is 2.49. The van der Waals surface area contributed by atoms with E-state index in [0.29, 0.717) is 6.54 Å². The van der Waals surface area contributed by atoms with E-state index in [1.807, 2.05) is 44.0 Å². The molecule has 2 aromatic carbocycles. The first-order chi connectivity index (χ1) is 13.9. The van der Waals surface area contributed by atoms with Gasteiger partial charge in [0.25, 0.3) is 0 Å². The second kappa shape index (κ2) is 7.67. The molecule has 2 aromatic rings. The smallest absolute Gasteiger partial charge is 0.318 e. The highest BCUT2D eigenvalue weighted by Gasteiger charge is 2.47. The van der Waals surface area contributed by atoms with E-state index < -0.39 is 0 Å². The van der Waals surface area contributed by atoms with Crippen LogP contribution in [0.4, 0.5) is 14.9 Å². The fraction of sp³-hybridized carbons (Fsp3) is 0.435. The van der Waals surface area contributed by atoms with Crippen molar-refractivity contribution in [2.24, 2.45) is 5.92 Å². The Labute approximate surface area is 171 Å². The zero-order valence-corrected chi connectivity index (χ0v) is 17.1. The summed E-state index contributed by atoms with van der Waals surface area (Å²) in [5, 5.41) is 13.1. The Morgan fingerprint density at radius 1 is 1.24 bits per heavy atom. The Morgan fingerprint density at radius 2 is 2.00 bits per heavy atom. The molecule has 0 aromatic heterocycles. The van der Waals surface area contributed by atoms with Crippen molar-refractivity contribution in [2.45, 2.75) is 38.4 Å². The van der Waals surface area contributed by atoms with Crippen LogP contribution in [0, 0.1) is 11.7 Å². The Bertz CT molecular complexity index is 917. The lowest BCUT2D eigenvalue weighted by Gasteiger charge is -2.44. The van der Waals surface area contributed by atoms with E-state index in [9.17, 15) is 14.3 Å². The number of halogens is 1. The first-order valence-electron chi connectivity index (χ1n) is 10.2. The maximum atomic E-state index is 13.8. The number of carbonyl (C=O) groups excluding carboxylic acids is 1. The Hall–Kier alpha value is -2.60. The number of likely N-dealkylation sites (N-methyl/N-ethyl adjacent to an activating group) is 1. The van der Waals surface area contributed by atoms with Gasteiger partial charge in [-0.3, -0.25) is 0 Å². The second-order valence-electron chi connectivity index (χ2n) is 8.34. The van der Waals surface area contributed by atoms with Crippen LogP contribution in [0.1, 0.15) is 31.9 Å². The van der Waals surface area contributed by atoms with Crippen molar-refractivity contribution in [2.75, 3.05) is 25.1 Å². The summed E-state index contributed by atoms with van der Waals surface area (Å²) in [6.07, 6.45) is 0.843. The van der Waals surface area contributed by atoms with Crippen LogP contribution in [-0.4, -0.2) is 48.3 Å². The number of benzene rings is 2. The summed E-state index contributed by atoms with van der Waals surface area (Å²) in [5.41, 5.74) is 3.80. The van der Waals surface area contributed by atoms with Gasteiger partial charge in [-0.25, -0.2) is 9.18 Å². The molecule has 2 amide bonds. The lowest BCUT2D eigenvalue weighted by molar-refractivity contribution is 0.159. The van der Waals surface area contributed by atoms with E-state index in [2.05, 4.69) is 16.3 Å². The van der Waals surface area contributed by atoms with Gasteiger partial charge in [0.05, 0.1) is 18.7 Å². The second-order valence-corrected chi connectivity index (χ2v) is 8.34. The molecule has 2 heterocycles. The summed E-state index contributed by atoms with van der Waals surface area (Å²) in [6, 6.07) is 12.5. The van der Waals surface area contributed by atoms with E-state index in [4.69, 9.17) is 0 Å². The van der Waals surface area contributed by atoms with E-state index in [1.54, 1.807) is 6.07 Å². The Morgan fingerprint density at radius 3 is 2.69 bits per heavy atom. The zero-order valence-electron chi connectivity index (χ0n) is 17.1. The van der Waals surface area contributed by atoms with Crippen molar-refractivity contribution in [1.82, 2.24) is 10.2 Å². The molecular weight excluding hydrogens is 369 g/mol. The number of hydrogen-bond acceptors (Lipinski definition) is 3. The fourth-order valence-corrected chi connectivity index (χ4v) is 4.86. The fourth-order valence-electron chi connectivity index (χ4n) is 4.86. The third-order valence-corrected chi connectivity index (χ3v) is 6.18. The SMILES string of the molecule is CC(C)NC(=O)N1CC[C@@H]2[C@H]1c1cc(-c3cccc(F)c3)ccc1N(C)[C@@H]2CO. The van der Waals surface area contributed by atoms with E-state index in [1.165, 1.54) is 12.1 Å². The number of hydrogen-bond donors (Lipinski definition) is 2.